The number of hydrogen-bond donors (Lipinski definition) is 3. The van der Waals surface area contributed by atoms with Gasteiger partial charge in [-0.25, -0.2) is 0 Å². The molecule has 5 rings (SSSR count). The van der Waals surface area contributed by atoms with Crippen LogP contribution in [-0.4, -0.2) is 75.9 Å². The van der Waals surface area contributed by atoms with Gasteiger partial charge in [-0.1, -0.05) is 69.7 Å². The zero-order valence-corrected chi connectivity index (χ0v) is 27.4. The first-order valence-corrected chi connectivity index (χ1v) is 16.4. The predicted molar refractivity (Wildman–Crippen MR) is 167 cm³/mol. The van der Waals surface area contributed by atoms with Crippen LogP contribution in [0.15, 0.2) is 58.7 Å². The molecule has 4 heterocycles. The van der Waals surface area contributed by atoms with Crippen molar-refractivity contribution in [2.24, 2.45) is 23.7 Å². The molecule has 0 saturated carbocycles. The molecule has 1 unspecified atom stereocenters. The summed E-state index contributed by atoms with van der Waals surface area (Å²) in [5, 5.41) is 34.3. The van der Waals surface area contributed by atoms with Crippen molar-refractivity contribution in [3.63, 3.8) is 0 Å². The Bertz CT molecular complexity index is 1240. The maximum atomic E-state index is 14.0. The average Bonchev–Trinajstić information content (AvgIpc) is 3.27. The van der Waals surface area contributed by atoms with Crippen molar-refractivity contribution < 1.29 is 39.1 Å². The number of ether oxygens (including phenoxy) is 4. The van der Waals surface area contributed by atoms with E-state index in [4.69, 9.17) is 18.9 Å². The van der Waals surface area contributed by atoms with Crippen LogP contribution in [0.2, 0.25) is 0 Å². The number of aliphatic hydroxyl groups excluding tert-OH is 2. The monoisotopic (exact) mass is 612 g/mol. The van der Waals surface area contributed by atoms with Crippen molar-refractivity contribution >= 4 is 5.97 Å². The molecule has 3 fully saturated rings. The third-order valence-corrected chi connectivity index (χ3v) is 10.1. The largest absolute Gasteiger partial charge is 0.462 e. The Hall–Kier alpha value is -2.07. The quantitative estimate of drug-likeness (QED) is 0.292. The zero-order valence-electron chi connectivity index (χ0n) is 27.4. The third-order valence-electron chi connectivity index (χ3n) is 10.1. The molecular formula is C36H52O8. The smallest absolute Gasteiger partial charge is 0.316 e. The Morgan fingerprint density at radius 2 is 1.86 bits per heavy atom. The lowest BCUT2D eigenvalue weighted by Crippen LogP contribution is -2.59. The van der Waals surface area contributed by atoms with E-state index in [9.17, 15) is 20.1 Å². The highest BCUT2D eigenvalue weighted by Gasteiger charge is 2.60. The van der Waals surface area contributed by atoms with Crippen LogP contribution in [0.25, 0.3) is 0 Å². The van der Waals surface area contributed by atoms with E-state index < -0.39 is 47.7 Å². The van der Waals surface area contributed by atoms with Gasteiger partial charge in [0.25, 0.3) is 0 Å². The van der Waals surface area contributed by atoms with Crippen LogP contribution in [0, 0.1) is 23.7 Å². The highest BCUT2D eigenvalue weighted by atomic mass is 16.7. The number of hydrogen-bond acceptors (Lipinski definition) is 8. The van der Waals surface area contributed by atoms with Crippen LogP contribution < -0.4 is 0 Å². The van der Waals surface area contributed by atoms with Crippen LogP contribution in [0.4, 0.5) is 0 Å². The van der Waals surface area contributed by atoms with E-state index in [0.717, 1.165) is 12.0 Å². The van der Waals surface area contributed by atoms with Gasteiger partial charge in [0.15, 0.2) is 5.79 Å². The van der Waals surface area contributed by atoms with Crippen LogP contribution >= 0.6 is 0 Å². The van der Waals surface area contributed by atoms with Crippen molar-refractivity contribution in [2.75, 3.05) is 6.61 Å². The fourth-order valence-electron chi connectivity index (χ4n) is 7.85. The van der Waals surface area contributed by atoms with E-state index in [2.05, 4.69) is 45.9 Å². The summed E-state index contributed by atoms with van der Waals surface area (Å²) >= 11 is 0. The van der Waals surface area contributed by atoms with E-state index in [0.29, 0.717) is 29.9 Å². The predicted octanol–water partition coefficient (Wildman–Crippen LogP) is 5.09. The molecule has 3 N–H and O–H groups in total. The molecule has 244 valence electrons. The van der Waals surface area contributed by atoms with Gasteiger partial charge >= 0.3 is 5.97 Å². The molecule has 11 atom stereocenters. The van der Waals surface area contributed by atoms with Gasteiger partial charge in [0.05, 0.1) is 24.9 Å². The lowest BCUT2D eigenvalue weighted by molar-refractivity contribution is -0.342. The van der Waals surface area contributed by atoms with Gasteiger partial charge in [-0.15, -0.1) is 0 Å². The normalized spacial score (nSPS) is 43.7. The van der Waals surface area contributed by atoms with Crippen molar-refractivity contribution in [2.45, 2.75) is 129 Å². The Morgan fingerprint density at radius 3 is 2.59 bits per heavy atom. The first-order chi connectivity index (χ1) is 20.7. The number of esters is 1. The number of allylic oxidation sites excluding steroid dienone is 5. The van der Waals surface area contributed by atoms with Gasteiger partial charge in [0.1, 0.15) is 29.8 Å². The summed E-state index contributed by atoms with van der Waals surface area (Å²) in [6, 6.07) is 0. The fourth-order valence-corrected chi connectivity index (χ4v) is 7.85. The maximum Gasteiger partial charge on any atom is 0.316 e. The summed E-state index contributed by atoms with van der Waals surface area (Å²) in [7, 11) is 0. The second-order valence-corrected chi connectivity index (χ2v) is 14.4. The molecule has 2 bridgehead atoms. The first kappa shape index (κ1) is 33.3. The van der Waals surface area contributed by atoms with E-state index in [-0.39, 0.29) is 43.5 Å². The van der Waals surface area contributed by atoms with Crippen LogP contribution in [0.1, 0.15) is 80.6 Å². The lowest BCUT2D eigenvalue weighted by atomic mass is 9.71. The lowest BCUT2D eigenvalue weighted by Gasteiger charge is -2.51. The number of rotatable bonds is 2. The van der Waals surface area contributed by atoms with Gasteiger partial charge in [-0.3, -0.25) is 4.79 Å². The minimum Gasteiger partial charge on any atom is -0.462 e. The third kappa shape index (κ3) is 6.58. The Morgan fingerprint density at radius 1 is 1.11 bits per heavy atom. The van der Waals surface area contributed by atoms with Crippen molar-refractivity contribution in [3.05, 3.63) is 58.7 Å². The highest BCUT2D eigenvalue weighted by Crippen LogP contribution is 2.47. The minimum atomic E-state index is -1.74. The van der Waals surface area contributed by atoms with Crippen molar-refractivity contribution in [1.29, 1.82) is 0 Å². The van der Waals surface area contributed by atoms with Gasteiger partial charge < -0.3 is 34.3 Å². The van der Waals surface area contributed by atoms with E-state index in [1.807, 2.05) is 26.0 Å². The molecular weight excluding hydrogens is 560 g/mol. The molecule has 1 aliphatic carbocycles. The molecule has 8 heteroatoms. The van der Waals surface area contributed by atoms with Gasteiger partial charge in [-0.2, -0.15) is 0 Å². The van der Waals surface area contributed by atoms with Crippen molar-refractivity contribution in [3.8, 4) is 0 Å². The molecule has 5 aliphatic rings. The molecule has 8 nitrogen and oxygen atoms in total. The second kappa shape index (κ2) is 13.0. The average molecular weight is 613 g/mol. The maximum absolute atomic E-state index is 14.0. The molecule has 0 radical (unpaired) electrons. The molecule has 0 amide bonds. The molecule has 0 aromatic carbocycles. The fraction of sp³-hybridized carbons (Fsp3) is 0.694. The summed E-state index contributed by atoms with van der Waals surface area (Å²) in [4.78, 5) is 14.0. The van der Waals surface area contributed by atoms with Crippen molar-refractivity contribution in [1.82, 2.24) is 0 Å². The molecule has 0 aromatic heterocycles. The summed E-state index contributed by atoms with van der Waals surface area (Å²) in [5.41, 5.74) is 1.64. The molecule has 4 aliphatic heterocycles. The number of carbonyl (C=O) groups is 1. The van der Waals surface area contributed by atoms with Gasteiger partial charge in [0, 0.05) is 25.2 Å². The SMILES string of the molecule is CC1=CC[C@@H]2C[C@@H](CC3(C[C@H](O)[C@H](C)[C@@H](C(C)=CC(C)C)O3)O2)OC(=O)[C@@H]2C=C(C)[C@@H](O)[C@H]3OCC(=CC=C[C@H](C)C1)[C@]32O. The number of carbonyl (C=O) groups excluding carboxylic acids is 1. The summed E-state index contributed by atoms with van der Waals surface area (Å²) in [6.07, 6.45) is 10.4. The van der Waals surface area contributed by atoms with E-state index >= 15 is 0 Å². The molecule has 1 spiro atoms. The Labute approximate surface area is 262 Å². The van der Waals surface area contributed by atoms with Gasteiger partial charge in [0.2, 0.25) is 0 Å². The minimum absolute atomic E-state index is 0.109. The molecule has 3 saturated heterocycles. The second-order valence-electron chi connectivity index (χ2n) is 14.4. The highest BCUT2D eigenvalue weighted by molar-refractivity contribution is 5.78. The van der Waals surface area contributed by atoms with E-state index in [1.54, 1.807) is 13.0 Å². The standard InChI is InChI=1S/C36H52O8/c1-20(2)13-24(6)32-25(7)30(37)18-35(44-32)17-28-16-27(43-35)12-11-22(4)14-21(3)9-8-10-26-19-41-33-31(38)23(5)15-29(34(39)42-28)36(26,33)40/h8-11,13,15,20-21,25,27-33,37-38,40H,12,14,16-19H2,1-7H3/t21-,25-,27+,28-,29-,30-,31+,32+,33+,35?,36+/m0/s1. The number of fused-ring (bicyclic) bond motifs is 2. The van der Waals surface area contributed by atoms with E-state index in [1.165, 1.54) is 5.57 Å². The summed E-state index contributed by atoms with van der Waals surface area (Å²) in [5.74, 6) is -2.31. The van der Waals surface area contributed by atoms with Crippen LogP contribution in [0.5, 0.6) is 0 Å². The topological polar surface area (TPSA) is 115 Å². The first-order valence-electron chi connectivity index (χ1n) is 16.4. The van der Waals surface area contributed by atoms with Crippen LogP contribution in [-0.2, 0) is 23.7 Å². The van der Waals surface area contributed by atoms with Crippen LogP contribution in [0.3, 0.4) is 0 Å². The molecule has 44 heavy (non-hydrogen) atoms. The summed E-state index contributed by atoms with van der Waals surface area (Å²) in [6.45, 7) is 14.4. The Kier molecular flexibility index (Phi) is 9.82. The summed E-state index contributed by atoms with van der Waals surface area (Å²) < 4.78 is 25.7. The Balaban J connectivity index is 1.52. The zero-order chi connectivity index (χ0) is 32.0. The van der Waals surface area contributed by atoms with Gasteiger partial charge in [-0.05, 0) is 62.2 Å². The molecule has 0 aromatic rings. The number of aliphatic hydroxyl groups is 3.